The minimum Gasteiger partial charge on any atom is -0.379 e. The number of nitrogens with zero attached hydrogens (tertiary/aromatic N) is 1. The van der Waals surface area contributed by atoms with E-state index in [1.807, 2.05) is 24.4 Å². The fraction of sp³-hybridized carbons (Fsp3) is 0.550. The molecule has 1 aromatic heterocycles. The number of rotatable bonds is 4. The van der Waals surface area contributed by atoms with Gasteiger partial charge in [-0.3, -0.25) is 4.79 Å². The molecule has 2 fully saturated rings. The Hall–Kier alpha value is -1.52. The van der Waals surface area contributed by atoms with Crippen molar-refractivity contribution in [2.75, 3.05) is 19.8 Å². The Balaban J connectivity index is 1.60. The summed E-state index contributed by atoms with van der Waals surface area (Å²) in [6.45, 7) is 2.23. The van der Waals surface area contributed by atoms with Crippen LogP contribution >= 0.6 is 11.6 Å². The van der Waals surface area contributed by atoms with Crippen LogP contribution in [-0.4, -0.2) is 30.2 Å². The summed E-state index contributed by atoms with van der Waals surface area (Å²) in [7, 11) is 0. The quantitative estimate of drug-likeness (QED) is 0.868. The first-order valence-corrected chi connectivity index (χ1v) is 9.77. The van der Waals surface area contributed by atoms with Crippen molar-refractivity contribution in [1.82, 2.24) is 9.88 Å². The Morgan fingerprint density at radius 3 is 2.84 bits per heavy atom. The number of fused-ring (bicyclic) bond motifs is 1. The molecular weight excluding hydrogens is 336 g/mol. The second kappa shape index (κ2) is 7.38. The van der Waals surface area contributed by atoms with Crippen molar-refractivity contribution in [2.24, 2.45) is 5.92 Å². The zero-order chi connectivity index (χ0) is 17.2. The first-order valence-electron chi connectivity index (χ1n) is 9.39. The Morgan fingerprint density at radius 2 is 2.08 bits per heavy atom. The van der Waals surface area contributed by atoms with E-state index in [-0.39, 0.29) is 11.9 Å². The minimum atomic E-state index is -0.0126. The highest BCUT2D eigenvalue weighted by Gasteiger charge is 2.24. The largest absolute Gasteiger partial charge is 0.379 e. The predicted octanol–water partition coefficient (Wildman–Crippen LogP) is 4.57. The third kappa shape index (κ3) is 3.42. The van der Waals surface area contributed by atoms with E-state index in [2.05, 4.69) is 9.88 Å². The summed E-state index contributed by atoms with van der Waals surface area (Å²) in [5.74, 6) is 0.603. The maximum Gasteiger partial charge on any atom is 0.253 e. The van der Waals surface area contributed by atoms with Crippen molar-refractivity contribution in [3.8, 4) is 0 Å². The van der Waals surface area contributed by atoms with Crippen LogP contribution in [0.15, 0.2) is 24.4 Å². The molecule has 1 N–H and O–H groups in total. The SMILES string of the molecule is O=C(NCC1CCCCC1)c1cn(C2CCOC2)c2cccc(Cl)c12. The number of benzene rings is 1. The summed E-state index contributed by atoms with van der Waals surface area (Å²) in [4.78, 5) is 12.9. The van der Waals surface area contributed by atoms with Gasteiger partial charge >= 0.3 is 0 Å². The molecule has 1 amide bonds. The zero-order valence-corrected chi connectivity index (χ0v) is 15.2. The molecule has 1 saturated carbocycles. The van der Waals surface area contributed by atoms with Gasteiger partial charge in [-0.1, -0.05) is 36.9 Å². The highest BCUT2D eigenvalue weighted by Crippen LogP contribution is 2.33. The molecule has 1 aliphatic heterocycles. The average molecular weight is 361 g/mol. The summed E-state index contributed by atoms with van der Waals surface area (Å²) in [5.41, 5.74) is 1.70. The van der Waals surface area contributed by atoms with Gasteiger partial charge in [-0.2, -0.15) is 0 Å². The Labute approximate surface area is 153 Å². The van der Waals surface area contributed by atoms with Gasteiger partial charge in [0.15, 0.2) is 0 Å². The second-order valence-electron chi connectivity index (χ2n) is 7.32. The highest BCUT2D eigenvalue weighted by molar-refractivity contribution is 6.36. The summed E-state index contributed by atoms with van der Waals surface area (Å²) >= 11 is 6.45. The van der Waals surface area contributed by atoms with Gasteiger partial charge in [-0.15, -0.1) is 0 Å². The Kier molecular flexibility index (Phi) is 5.00. The summed E-state index contributed by atoms with van der Waals surface area (Å²) in [6, 6.07) is 6.12. The van der Waals surface area contributed by atoms with Gasteiger partial charge in [0.25, 0.3) is 5.91 Å². The van der Waals surface area contributed by atoms with E-state index in [4.69, 9.17) is 16.3 Å². The van der Waals surface area contributed by atoms with E-state index < -0.39 is 0 Å². The van der Waals surface area contributed by atoms with E-state index in [0.717, 1.165) is 30.5 Å². The van der Waals surface area contributed by atoms with Crippen molar-refractivity contribution in [3.05, 3.63) is 35.0 Å². The van der Waals surface area contributed by atoms with Crippen molar-refractivity contribution in [1.29, 1.82) is 0 Å². The van der Waals surface area contributed by atoms with Gasteiger partial charge in [-0.25, -0.2) is 0 Å². The Bertz CT molecular complexity index is 758. The molecule has 4 rings (SSSR count). The molecule has 25 heavy (non-hydrogen) atoms. The lowest BCUT2D eigenvalue weighted by atomic mass is 9.89. The van der Waals surface area contributed by atoms with Gasteiger partial charge in [0.2, 0.25) is 0 Å². The van der Waals surface area contributed by atoms with Crippen molar-refractivity contribution < 1.29 is 9.53 Å². The average Bonchev–Trinajstić information content (AvgIpc) is 3.28. The van der Waals surface area contributed by atoms with Crippen LogP contribution in [0.25, 0.3) is 10.9 Å². The Morgan fingerprint density at radius 1 is 1.24 bits per heavy atom. The molecule has 134 valence electrons. The normalized spacial score (nSPS) is 21.7. The van der Waals surface area contributed by atoms with Crippen LogP contribution in [0.4, 0.5) is 0 Å². The molecule has 4 nitrogen and oxygen atoms in total. The molecule has 2 aliphatic rings. The molecule has 0 spiro atoms. The van der Waals surface area contributed by atoms with Crippen LogP contribution in [0.2, 0.25) is 5.02 Å². The maximum atomic E-state index is 12.9. The number of carbonyl (C=O) groups excluding carboxylic acids is 1. The van der Waals surface area contributed by atoms with Crippen LogP contribution in [-0.2, 0) is 4.74 Å². The van der Waals surface area contributed by atoms with E-state index in [9.17, 15) is 4.79 Å². The number of ether oxygens (including phenoxy) is 1. The van der Waals surface area contributed by atoms with Crippen molar-refractivity contribution in [3.63, 3.8) is 0 Å². The summed E-state index contributed by atoms with van der Waals surface area (Å²) in [5, 5.41) is 4.65. The second-order valence-corrected chi connectivity index (χ2v) is 7.72. The van der Waals surface area contributed by atoms with E-state index in [0.29, 0.717) is 23.1 Å². The lowest BCUT2D eigenvalue weighted by Gasteiger charge is -2.21. The first-order chi connectivity index (χ1) is 12.2. The van der Waals surface area contributed by atoms with Gasteiger partial charge in [0.1, 0.15) is 0 Å². The number of amides is 1. The molecule has 2 heterocycles. The maximum absolute atomic E-state index is 12.9. The van der Waals surface area contributed by atoms with E-state index in [1.165, 1.54) is 32.1 Å². The third-order valence-corrected chi connectivity index (χ3v) is 5.94. The smallest absolute Gasteiger partial charge is 0.253 e. The summed E-state index contributed by atoms with van der Waals surface area (Å²) < 4.78 is 7.70. The highest BCUT2D eigenvalue weighted by atomic mass is 35.5. The first kappa shape index (κ1) is 16.9. The van der Waals surface area contributed by atoms with E-state index in [1.54, 1.807) is 0 Å². The third-order valence-electron chi connectivity index (χ3n) is 5.63. The number of halogens is 1. The fourth-order valence-corrected chi connectivity index (χ4v) is 4.48. The summed E-state index contributed by atoms with van der Waals surface area (Å²) in [6.07, 6.45) is 9.29. The molecule has 2 aromatic rings. The van der Waals surface area contributed by atoms with Gasteiger partial charge in [-0.05, 0) is 37.3 Å². The van der Waals surface area contributed by atoms with Gasteiger partial charge in [0.05, 0.1) is 28.8 Å². The van der Waals surface area contributed by atoms with Crippen LogP contribution in [0.3, 0.4) is 0 Å². The molecule has 1 atom stereocenters. The molecule has 1 aromatic carbocycles. The molecule has 0 radical (unpaired) electrons. The van der Waals surface area contributed by atoms with E-state index >= 15 is 0 Å². The standard InChI is InChI=1S/C20H25ClN2O2/c21-17-7-4-8-18-19(17)16(12-23(18)15-9-10-25-13-15)20(24)22-11-14-5-2-1-3-6-14/h4,7-8,12,14-15H,1-3,5-6,9-11,13H2,(H,22,24). The van der Waals surface area contributed by atoms with Crippen molar-refractivity contribution in [2.45, 2.75) is 44.6 Å². The number of aromatic nitrogens is 1. The van der Waals surface area contributed by atoms with Crippen molar-refractivity contribution >= 4 is 28.4 Å². The minimum absolute atomic E-state index is 0.0126. The molecule has 0 bridgehead atoms. The predicted molar refractivity (Wildman–Crippen MR) is 100 cm³/mol. The van der Waals surface area contributed by atoms with Crippen LogP contribution in [0, 0.1) is 5.92 Å². The molecule has 5 heteroatoms. The molecule has 1 unspecified atom stereocenters. The monoisotopic (exact) mass is 360 g/mol. The molecule has 1 saturated heterocycles. The number of hydrogen-bond donors (Lipinski definition) is 1. The van der Waals surface area contributed by atoms with Gasteiger partial charge < -0.3 is 14.6 Å². The number of hydrogen-bond acceptors (Lipinski definition) is 2. The fourth-order valence-electron chi connectivity index (χ4n) is 4.21. The number of carbonyl (C=O) groups is 1. The van der Waals surface area contributed by atoms with Crippen LogP contribution in [0.1, 0.15) is 54.9 Å². The molecular formula is C20H25ClN2O2. The molecule has 1 aliphatic carbocycles. The van der Waals surface area contributed by atoms with Crippen LogP contribution in [0.5, 0.6) is 0 Å². The topological polar surface area (TPSA) is 43.3 Å². The lowest BCUT2D eigenvalue weighted by Crippen LogP contribution is -2.30. The van der Waals surface area contributed by atoms with Crippen LogP contribution < -0.4 is 5.32 Å². The number of nitrogens with one attached hydrogen (secondary N) is 1. The zero-order valence-electron chi connectivity index (χ0n) is 14.5. The lowest BCUT2D eigenvalue weighted by molar-refractivity contribution is 0.0945. The van der Waals surface area contributed by atoms with Gasteiger partial charge in [0, 0.05) is 24.7 Å².